The molecule has 3 nitrogen and oxygen atoms in total. The lowest BCUT2D eigenvalue weighted by molar-refractivity contribution is -0.125. The molecule has 0 radical (unpaired) electrons. The van der Waals surface area contributed by atoms with E-state index in [4.69, 9.17) is 4.74 Å². The van der Waals surface area contributed by atoms with Crippen LogP contribution in [-0.2, 0) is 4.79 Å². The van der Waals surface area contributed by atoms with Gasteiger partial charge in [0.15, 0.2) is 11.9 Å². The third kappa shape index (κ3) is 1.91. The van der Waals surface area contributed by atoms with Gasteiger partial charge in [0.05, 0.1) is 10.2 Å². The van der Waals surface area contributed by atoms with Gasteiger partial charge in [0, 0.05) is 6.07 Å². The summed E-state index contributed by atoms with van der Waals surface area (Å²) in [5.41, 5.74) is 0.369. The molecule has 2 rings (SSSR count). The van der Waals surface area contributed by atoms with Crippen molar-refractivity contribution in [3.8, 4) is 5.75 Å². The number of fused-ring (bicyclic) bond motifs is 1. The van der Waals surface area contributed by atoms with Crippen molar-refractivity contribution in [3.63, 3.8) is 0 Å². The minimum absolute atomic E-state index is 0.0603. The van der Waals surface area contributed by atoms with Gasteiger partial charge in [-0.2, -0.15) is 0 Å². The van der Waals surface area contributed by atoms with Gasteiger partial charge in [-0.15, -0.1) is 0 Å². The van der Waals surface area contributed by atoms with Crippen molar-refractivity contribution < 1.29 is 13.9 Å². The molecular weight excluding hydrogens is 277 g/mol. The Balaban J connectivity index is 2.43. The number of carbonyl (C=O) groups is 1. The Labute approximate surface area is 101 Å². The van der Waals surface area contributed by atoms with Crippen LogP contribution < -0.4 is 10.1 Å². The number of amides is 1. The van der Waals surface area contributed by atoms with E-state index in [-0.39, 0.29) is 11.8 Å². The van der Waals surface area contributed by atoms with Crippen LogP contribution >= 0.6 is 15.9 Å². The van der Waals surface area contributed by atoms with Crippen molar-refractivity contribution in [2.75, 3.05) is 5.32 Å². The Kier molecular flexibility index (Phi) is 2.88. The van der Waals surface area contributed by atoms with Gasteiger partial charge in [0.25, 0.3) is 5.91 Å². The van der Waals surface area contributed by atoms with Crippen LogP contribution in [0.15, 0.2) is 16.6 Å². The molecule has 1 heterocycles. The molecule has 0 bridgehead atoms. The zero-order valence-electron chi connectivity index (χ0n) is 8.88. The van der Waals surface area contributed by atoms with E-state index in [0.29, 0.717) is 15.9 Å². The second kappa shape index (κ2) is 4.05. The quantitative estimate of drug-likeness (QED) is 0.862. The Morgan fingerprint density at radius 2 is 2.19 bits per heavy atom. The molecule has 0 saturated carbocycles. The number of hydrogen-bond donors (Lipinski definition) is 1. The largest absolute Gasteiger partial charge is 0.477 e. The molecule has 1 aliphatic heterocycles. The fraction of sp³-hybridized carbons (Fsp3) is 0.364. The maximum absolute atomic E-state index is 13.1. The Hall–Kier alpha value is -1.10. The highest BCUT2D eigenvalue weighted by Gasteiger charge is 2.31. The van der Waals surface area contributed by atoms with Gasteiger partial charge in [0.2, 0.25) is 0 Å². The van der Waals surface area contributed by atoms with Crippen molar-refractivity contribution in [1.82, 2.24) is 0 Å². The van der Waals surface area contributed by atoms with Crippen LogP contribution in [0, 0.1) is 11.7 Å². The SMILES string of the molecule is CC(C)C1Oc2c(Br)cc(F)cc2NC1=O. The highest BCUT2D eigenvalue weighted by atomic mass is 79.9. The van der Waals surface area contributed by atoms with Gasteiger partial charge in [-0.25, -0.2) is 4.39 Å². The Morgan fingerprint density at radius 3 is 2.81 bits per heavy atom. The van der Waals surface area contributed by atoms with Crippen LogP contribution in [0.4, 0.5) is 10.1 Å². The normalized spacial score (nSPS) is 19.1. The van der Waals surface area contributed by atoms with Crippen molar-refractivity contribution in [2.24, 2.45) is 5.92 Å². The van der Waals surface area contributed by atoms with Crippen molar-refractivity contribution in [1.29, 1.82) is 0 Å². The molecule has 1 aromatic rings. The van der Waals surface area contributed by atoms with E-state index in [1.54, 1.807) is 0 Å². The van der Waals surface area contributed by atoms with E-state index in [1.165, 1.54) is 12.1 Å². The number of carbonyl (C=O) groups excluding carboxylic acids is 1. The summed E-state index contributed by atoms with van der Waals surface area (Å²) >= 11 is 3.21. The molecule has 0 fully saturated rings. The molecule has 1 aromatic carbocycles. The van der Waals surface area contributed by atoms with Gasteiger partial charge < -0.3 is 10.1 Å². The van der Waals surface area contributed by atoms with E-state index in [0.717, 1.165) is 0 Å². The van der Waals surface area contributed by atoms with Crippen molar-refractivity contribution in [3.05, 3.63) is 22.4 Å². The highest BCUT2D eigenvalue weighted by Crippen LogP contribution is 2.38. The van der Waals surface area contributed by atoms with Crippen molar-refractivity contribution in [2.45, 2.75) is 20.0 Å². The first kappa shape index (κ1) is 11.4. The lowest BCUT2D eigenvalue weighted by Crippen LogP contribution is -2.40. The van der Waals surface area contributed by atoms with Gasteiger partial charge in [0.1, 0.15) is 5.82 Å². The zero-order valence-corrected chi connectivity index (χ0v) is 10.5. The highest BCUT2D eigenvalue weighted by molar-refractivity contribution is 9.10. The van der Waals surface area contributed by atoms with Gasteiger partial charge >= 0.3 is 0 Å². The van der Waals surface area contributed by atoms with Crippen LogP contribution in [0.3, 0.4) is 0 Å². The average molecular weight is 288 g/mol. The fourth-order valence-corrected chi connectivity index (χ4v) is 2.12. The molecule has 16 heavy (non-hydrogen) atoms. The molecule has 5 heteroatoms. The molecular formula is C11H11BrFNO2. The predicted molar refractivity (Wildman–Crippen MR) is 62.0 cm³/mol. The topological polar surface area (TPSA) is 38.3 Å². The number of halogens is 2. The molecule has 1 N–H and O–H groups in total. The van der Waals surface area contributed by atoms with Crippen LogP contribution in [-0.4, -0.2) is 12.0 Å². The molecule has 0 aromatic heterocycles. The number of ether oxygens (including phenoxy) is 1. The van der Waals surface area contributed by atoms with E-state index in [1.807, 2.05) is 13.8 Å². The van der Waals surface area contributed by atoms with Crippen LogP contribution in [0.2, 0.25) is 0 Å². The molecule has 1 unspecified atom stereocenters. The summed E-state index contributed by atoms with van der Waals surface area (Å²) < 4.78 is 19.2. The minimum atomic E-state index is -0.533. The summed E-state index contributed by atoms with van der Waals surface area (Å²) in [5, 5.41) is 2.64. The lowest BCUT2D eigenvalue weighted by atomic mass is 10.0. The minimum Gasteiger partial charge on any atom is -0.477 e. The maximum atomic E-state index is 13.1. The van der Waals surface area contributed by atoms with E-state index >= 15 is 0 Å². The zero-order chi connectivity index (χ0) is 11.9. The second-order valence-corrected chi connectivity index (χ2v) is 4.89. The molecule has 1 amide bonds. The summed E-state index contributed by atoms with van der Waals surface area (Å²) in [5.74, 6) is -0.109. The Bertz CT molecular complexity index is 448. The van der Waals surface area contributed by atoms with Crippen LogP contribution in [0.1, 0.15) is 13.8 Å². The number of benzene rings is 1. The first-order valence-electron chi connectivity index (χ1n) is 4.95. The monoisotopic (exact) mass is 287 g/mol. The molecule has 0 aliphatic carbocycles. The third-order valence-electron chi connectivity index (χ3n) is 2.37. The first-order valence-corrected chi connectivity index (χ1v) is 5.75. The second-order valence-electron chi connectivity index (χ2n) is 4.04. The standard InChI is InChI=1S/C11H11BrFNO2/c1-5(2)9-11(15)14-8-4-6(13)3-7(12)10(8)16-9/h3-5,9H,1-2H3,(H,14,15). The molecule has 0 spiro atoms. The number of rotatable bonds is 1. The summed E-state index contributed by atoms with van der Waals surface area (Å²) in [6, 6.07) is 2.56. The summed E-state index contributed by atoms with van der Waals surface area (Å²) in [6.45, 7) is 3.79. The van der Waals surface area contributed by atoms with E-state index in [2.05, 4.69) is 21.2 Å². The maximum Gasteiger partial charge on any atom is 0.265 e. The molecule has 86 valence electrons. The smallest absolute Gasteiger partial charge is 0.265 e. The molecule has 1 atom stereocenters. The van der Waals surface area contributed by atoms with E-state index in [9.17, 15) is 9.18 Å². The predicted octanol–water partition coefficient (Wildman–Crippen LogP) is 2.94. The van der Waals surface area contributed by atoms with Crippen LogP contribution in [0.25, 0.3) is 0 Å². The van der Waals surface area contributed by atoms with E-state index < -0.39 is 11.9 Å². The van der Waals surface area contributed by atoms with Crippen molar-refractivity contribution >= 4 is 27.5 Å². The summed E-state index contributed by atoms with van der Waals surface area (Å²) in [6.07, 6.45) is -0.533. The summed E-state index contributed by atoms with van der Waals surface area (Å²) in [7, 11) is 0. The molecule has 0 saturated heterocycles. The van der Waals surface area contributed by atoms with Gasteiger partial charge in [-0.1, -0.05) is 13.8 Å². The first-order chi connectivity index (χ1) is 7.49. The van der Waals surface area contributed by atoms with Gasteiger partial charge in [-0.3, -0.25) is 4.79 Å². The third-order valence-corrected chi connectivity index (χ3v) is 2.96. The Morgan fingerprint density at radius 1 is 1.50 bits per heavy atom. The lowest BCUT2D eigenvalue weighted by Gasteiger charge is -2.28. The number of hydrogen-bond acceptors (Lipinski definition) is 2. The number of nitrogens with one attached hydrogen (secondary N) is 1. The fourth-order valence-electron chi connectivity index (χ4n) is 1.60. The number of anilines is 1. The van der Waals surface area contributed by atoms with Crippen LogP contribution in [0.5, 0.6) is 5.75 Å². The summed E-state index contributed by atoms with van der Waals surface area (Å²) in [4.78, 5) is 11.6. The van der Waals surface area contributed by atoms with Gasteiger partial charge in [-0.05, 0) is 27.9 Å². The molecule has 1 aliphatic rings. The average Bonchev–Trinajstić information content (AvgIpc) is 2.15.